The lowest BCUT2D eigenvalue weighted by Crippen LogP contribution is -2.43. The first kappa shape index (κ1) is 37.1. The maximum Gasteiger partial charge on any atom is 0.407 e. The highest BCUT2D eigenvalue weighted by Gasteiger charge is 2.23. The van der Waals surface area contributed by atoms with Gasteiger partial charge in [-0.1, -0.05) is 41.4 Å². The fraction of sp³-hybridized carbons (Fsp3) is 0.359. The summed E-state index contributed by atoms with van der Waals surface area (Å²) < 4.78 is 13.0. The zero-order valence-electron chi connectivity index (χ0n) is 30.2. The molecule has 2 N–H and O–H groups in total. The molecule has 5 aromatic rings. The van der Waals surface area contributed by atoms with Gasteiger partial charge in [0, 0.05) is 91.6 Å². The fourth-order valence-electron chi connectivity index (χ4n) is 6.55. The second-order valence-electron chi connectivity index (χ2n) is 14.0. The SMILES string of the molecule is COc1nc(-c2cccc(-c3ccnc(-c4cnc5c(CN6CCC(NC(C)=O)CC6)cn(C)c5c4)c3Cl)c2Cl)ccc1CNC(=O)OC(C)(C)C. The van der Waals surface area contributed by atoms with Crippen molar-refractivity contribution in [1.29, 1.82) is 0 Å². The molecule has 1 aromatic carbocycles. The van der Waals surface area contributed by atoms with Gasteiger partial charge < -0.3 is 24.7 Å². The van der Waals surface area contributed by atoms with Crippen LogP contribution in [0.2, 0.25) is 10.0 Å². The molecule has 0 bridgehead atoms. The number of hydrogen-bond donors (Lipinski definition) is 2. The van der Waals surface area contributed by atoms with Crippen molar-refractivity contribution in [3.05, 3.63) is 82.2 Å². The zero-order valence-corrected chi connectivity index (χ0v) is 31.7. The molecule has 0 unspecified atom stereocenters. The predicted molar refractivity (Wildman–Crippen MR) is 204 cm³/mol. The molecule has 0 aliphatic carbocycles. The third-order valence-corrected chi connectivity index (χ3v) is 9.76. The fourth-order valence-corrected chi connectivity index (χ4v) is 7.19. The number of methoxy groups -OCH3 is 1. The summed E-state index contributed by atoms with van der Waals surface area (Å²) in [6, 6.07) is 13.5. The molecule has 6 rings (SSSR count). The highest BCUT2D eigenvalue weighted by molar-refractivity contribution is 6.39. The number of hydrogen-bond acceptors (Lipinski definition) is 8. The van der Waals surface area contributed by atoms with Crippen LogP contribution >= 0.6 is 23.2 Å². The molecule has 272 valence electrons. The molecule has 11 nitrogen and oxygen atoms in total. The lowest BCUT2D eigenvalue weighted by atomic mass is 9.99. The predicted octanol–water partition coefficient (Wildman–Crippen LogP) is 7.80. The largest absolute Gasteiger partial charge is 0.481 e. The topological polar surface area (TPSA) is 124 Å². The number of carbonyl (C=O) groups is 2. The Kier molecular flexibility index (Phi) is 11.0. The first-order chi connectivity index (χ1) is 24.8. The first-order valence-electron chi connectivity index (χ1n) is 17.2. The van der Waals surface area contributed by atoms with Gasteiger partial charge in [0.05, 0.1) is 46.1 Å². The van der Waals surface area contributed by atoms with Crippen LogP contribution in [-0.2, 0) is 29.7 Å². The molecular weight excluding hydrogens is 701 g/mol. The van der Waals surface area contributed by atoms with Crippen molar-refractivity contribution >= 4 is 46.2 Å². The lowest BCUT2D eigenvalue weighted by Gasteiger charge is -2.31. The van der Waals surface area contributed by atoms with E-state index < -0.39 is 11.7 Å². The van der Waals surface area contributed by atoms with E-state index in [1.54, 1.807) is 13.1 Å². The van der Waals surface area contributed by atoms with Gasteiger partial charge in [-0.15, -0.1) is 0 Å². The highest BCUT2D eigenvalue weighted by atomic mass is 35.5. The van der Waals surface area contributed by atoms with Crippen LogP contribution in [-0.4, -0.2) is 68.3 Å². The normalized spacial score (nSPS) is 14.0. The Morgan fingerprint density at radius 2 is 1.71 bits per heavy atom. The summed E-state index contributed by atoms with van der Waals surface area (Å²) in [5.74, 6) is 0.384. The van der Waals surface area contributed by atoms with Crippen LogP contribution in [0.5, 0.6) is 5.88 Å². The number of pyridine rings is 3. The van der Waals surface area contributed by atoms with Crippen LogP contribution in [0.15, 0.2) is 61.1 Å². The highest BCUT2D eigenvalue weighted by Crippen LogP contribution is 2.42. The molecule has 1 fully saturated rings. The molecule has 1 aliphatic rings. The van der Waals surface area contributed by atoms with Gasteiger partial charge in [-0.25, -0.2) is 9.78 Å². The van der Waals surface area contributed by atoms with E-state index in [1.165, 1.54) is 7.11 Å². The average molecular weight is 745 g/mol. The van der Waals surface area contributed by atoms with Crippen LogP contribution in [0.25, 0.3) is 44.7 Å². The van der Waals surface area contributed by atoms with Crippen molar-refractivity contribution in [1.82, 2.24) is 35.1 Å². The van der Waals surface area contributed by atoms with Crippen molar-refractivity contribution in [3.63, 3.8) is 0 Å². The van der Waals surface area contributed by atoms with E-state index >= 15 is 0 Å². The Balaban J connectivity index is 1.24. The molecule has 1 aliphatic heterocycles. The third kappa shape index (κ3) is 8.33. The van der Waals surface area contributed by atoms with Crippen molar-refractivity contribution in [3.8, 4) is 39.5 Å². The summed E-state index contributed by atoms with van der Waals surface area (Å²) in [5, 5.41) is 6.71. The molecule has 4 aromatic heterocycles. The Morgan fingerprint density at radius 3 is 2.42 bits per heavy atom. The zero-order chi connectivity index (χ0) is 37.2. The summed E-state index contributed by atoms with van der Waals surface area (Å²) in [5.41, 5.74) is 7.27. The van der Waals surface area contributed by atoms with Gasteiger partial charge in [-0.05, 0) is 57.9 Å². The molecule has 0 saturated carbocycles. The van der Waals surface area contributed by atoms with E-state index in [0.29, 0.717) is 38.4 Å². The number of carbonyl (C=O) groups excluding carboxylic acids is 2. The number of amides is 2. The summed E-state index contributed by atoms with van der Waals surface area (Å²) >= 11 is 14.2. The number of ether oxygens (including phenoxy) is 2. The van der Waals surface area contributed by atoms with E-state index in [1.807, 2.05) is 70.4 Å². The minimum Gasteiger partial charge on any atom is -0.481 e. The number of rotatable bonds is 9. The summed E-state index contributed by atoms with van der Waals surface area (Å²) in [4.78, 5) is 40.4. The Hall–Kier alpha value is -4.71. The molecule has 0 radical (unpaired) electrons. The summed E-state index contributed by atoms with van der Waals surface area (Å²) in [6.07, 6.45) is 7.01. The Labute approximate surface area is 313 Å². The minimum atomic E-state index is -0.608. The number of alkyl carbamates (subject to hydrolysis) is 1. The number of piperidine rings is 1. The van der Waals surface area contributed by atoms with Crippen molar-refractivity contribution < 1.29 is 19.1 Å². The quantitative estimate of drug-likeness (QED) is 0.157. The standard InChI is InChI=1S/C39H43Cl2N7O4/c1-23(49)45-27-13-16-48(17-14-27)22-26-21-47(5)32-18-25(20-43-35(26)32)36-34(41)29(12-15-42-36)28-8-7-9-30(33(28)40)31-11-10-24(37(46-31)51-6)19-44-38(50)52-39(2,3)4/h7-12,15,18,20-21,27H,13-14,16-17,19,22H2,1-6H3,(H,44,50)(H,45,49). The van der Waals surface area contributed by atoms with Crippen molar-refractivity contribution in [2.24, 2.45) is 7.05 Å². The van der Waals surface area contributed by atoms with E-state index in [-0.39, 0.29) is 18.5 Å². The van der Waals surface area contributed by atoms with E-state index in [4.69, 9.17) is 42.6 Å². The van der Waals surface area contributed by atoms with Crippen LogP contribution in [0, 0.1) is 0 Å². The molecular formula is C39H43Cl2N7O4. The van der Waals surface area contributed by atoms with Gasteiger partial charge in [-0.2, -0.15) is 0 Å². The van der Waals surface area contributed by atoms with Crippen LogP contribution in [0.4, 0.5) is 4.79 Å². The van der Waals surface area contributed by atoms with Gasteiger partial charge in [0.2, 0.25) is 11.8 Å². The monoisotopic (exact) mass is 743 g/mol. The molecule has 0 spiro atoms. The van der Waals surface area contributed by atoms with Crippen molar-refractivity contribution in [2.45, 2.75) is 65.3 Å². The summed E-state index contributed by atoms with van der Waals surface area (Å²) in [6.45, 7) is 9.79. The smallest absolute Gasteiger partial charge is 0.407 e. The molecule has 2 amide bonds. The molecule has 0 atom stereocenters. The van der Waals surface area contributed by atoms with E-state index in [0.717, 1.165) is 65.8 Å². The third-order valence-electron chi connectivity index (χ3n) is 8.97. The van der Waals surface area contributed by atoms with E-state index in [9.17, 15) is 9.59 Å². The maximum atomic E-state index is 12.2. The van der Waals surface area contributed by atoms with Gasteiger partial charge in [-0.3, -0.25) is 19.7 Å². The molecule has 1 saturated heterocycles. The van der Waals surface area contributed by atoms with E-state index in [2.05, 4.69) is 37.3 Å². The first-order valence-corrected chi connectivity index (χ1v) is 17.9. The number of likely N-dealkylation sites (tertiary alicyclic amines) is 1. The second kappa shape index (κ2) is 15.5. The second-order valence-corrected chi connectivity index (χ2v) is 14.8. The van der Waals surface area contributed by atoms with Crippen molar-refractivity contribution in [2.75, 3.05) is 20.2 Å². The van der Waals surface area contributed by atoms with Crippen LogP contribution in [0.1, 0.15) is 51.7 Å². The number of halogens is 2. The Bertz CT molecular complexity index is 2120. The average Bonchev–Trinajstić information content (AvgIpc) is 3.41. The van der Waals surface area contributed by atoms with Gasteiger partial charge in [0.25, 0.3) is 0 Å². The Morgan fingerprint density at radius 1 is 0.981 bits per heavy atom. The number of benzene rings is 1. The molecule has 52 heavy (non-hydrogen) atoms. The van der Waals surface area contributed by atoms with Gasteiger partial charge in [0.15, 0.2) is 0 Å². The number of aryl methyl sites for hydroxylation is 1. The number of aromatic nitrogens is 4. The minimum absolute atomic E-state index is 0.0251. The number of nitrogens with zero attached hydrogens (tertiary/aromatic N) is 5. The van der Waals surface area contributed by atoms with Gasteiger partial charge in [0.1, 0.15) is 5.60 Å². The maximum absolute atomic E-state index is 12.2. The summed E-state index contributed by atoms with van der Waals surface area (Å²) in [7, 11) is 3.55. The lowest BCUT2D eigenvalue weighted by molar-refractivity contribution is -0.120. The van der Waals surface area contributed by atoms with Gasteiger partial charge >= 0.3 is 6.09 Å². The molecule has 13 heteroatoms. The van der Waals surface area contributed by atoms with Crippen LogP contribution in [0.3, 0.4) is 0 Å². The molecule has 5 heterocycles. The number of nitrogens with one attached hydrogen (secondary N) is 2. The number of fused-ring (bicyclic) bond motifs is 1. The van der Waals surface area contributed by atoms with Crippen LogP contribution < -0.4 is 15.4 Å².